The minimum atomic E-state index is -0.434. The highest BCUT2D eigenvalue weighted by molar-refractivity contribution is 5.93. The number of hydrogen-bond acceptors (Lipinski definition) is 4. The van der Waals surface area contributed by atoms with Crippen molar-refractivity contribution in [3.63, 3.8) is 0 Å². The molecule has 2 aromatic rings. The number of nitrogens with two attached hydrogens (primary N) is 1. The van der Waals surface area contributed by atoms with Crippen molar-refractivity contribution >= 4 is 17.5 Å². The Morgan fingerprint density at radius 3 is 2.79 bits per heavy atom. The number of hydrogen-bond donors (Lipinski definition) is 1. The van der Waals surface area contributed by atoms with Crippen molar-refractivity contribution in [1.29, 1.82) is 0 Å². The molecule has 0 atom stereocenters. The van der Waals surface area contributed by atoms with Gasteiger partial charge in [-0.3, -0.25) is 4.79 Å². The summed E-state index contributed by atoms with van der Waals surface area (Å²) >= 11 is 0. The lowest BCUT2D eigenvalue weighted by Crippen LogP contribution is -2.34. The monoisotopic (exact) mass is 263 g/mol. The SMILES string of the molecule is CCN(C(=O)Cn1cnc(N)n1)c1ccccc1F. The molecule has 6 nitrogen and oxygen atoms in total. The van der Waals surface area contributed by atoms with Gasteiger partial charge in [0.25, 0.3) is 0 Å². The molecule has 0 bridgehead atoms. The van der Waals surface area contributed by atoms with Crippen LogP contribution >= 0.6 is 0 Å². The number of halogens is 1. The van der Waals surface area contributed by atoms with Crippen LogP contribution in [0.3, 0.4) is 0 Å². The van der Waals surface area contributed by atoms with Gasteiger partial charge in [-0.05, 0) is 19.1 Å². The standard InChI is InChI=1S/C12H14FN5O/c1-2-18(10-6-4-3-5-9(10)13)11(19)7-17-8-15-12(14)16-17/h3-6,8H,2,7H2,1H3,(H2,14,16). The van der Waals surface area contributed by atoms with Gasteiger partial charge in [-0.2, -0.15) is 0 Å². The van der Waals surface area contributed by atoms with Crippen LogP contribution in [0.1, 0.15) is 6.92 Å². The van der Waals surface area contributed by atoms with Crippen LogP contribution < -0.4 is 10.6 Å². The molecule has 0 aliphatic carbocycles. The molecule has 0 aliphatic heterocycles. The van der Waals surface area contributed by atoms with Crippen LogP contribution in [0.5, 0.6) is 0 Å². The fraction of sp³-hybridized carbons (Fsp3) is 0.250. The number of anilines is 2. The molecule has 2 rings (SSSR count). The van der Waals surface area contributed by atoms with Crippen LogP contribution in [0.15, 0.2) is 30.6 Å². The predicted octanol–water partition coefficient (Wildman–Crippen LogP) is 1.05. The van der Waals surface area contributed by atoms with Crippen LogP contribution in [0.2, 0.25) is 0 Å². The Morgan fingerprint density at radius 1 is 1.47 bits per heavy atom. The Hall–Kier alpha value is -2.44. The normalized spacial score (nSPS) is 10.4. The molecule has 100 valence electrons. The van der Waals surface area contributed by atoms with Gasteiger partial charge in [0.05, 0.1) is 5.69 Å². The van der Waals surface area contributed by atoms with E-state index in [9.17, 15) is 9.18 Å². The van der Waals surface area contributed by atoms with Crippen molar-refractivity contribution in [3.05, 3.63) is 36.4 Å². The van der Waals surface area contributed by atoms with Crippen molar-refractivity contribution in [2.75, 3.05) is 17.2 Å². The molecule has 1 aromatic heterocycles. The minimum absolute atomic E-state index is 0.0353. The van der Waals surface area contributed by atoms with E-state index in [1.54, 1.807) is 25.1 Å². The van der Waals surface area contributed by atoms with Gasteiger partial charge in [-0.1, -0.05) is 12.1 Å². The van der Waals surface area contributed by atoms with E-state index in [1.165, 1.54) is 22.0 Å². The second-order valence-corrected chi connectivity index (χ2v) is 3.89. The summed E-state index contributed by atoms with van der Waals surface area (Å²) in [4.78, 5) is 17.2. The van der Waals surface area contributed by atoms with Crippen LogP contribution in [-0.4, -0.2) is 27.2 Å². The molecule has 2 N–H and O–H groups in total. The van der Waals surface area contributed by atoms with Crippen molar-refractivity contribution in [3.8, 4) is 0 Å². The Balaban J connectivity index is 2.18. The van der Waals surface area contributed by atoms with Gasteiger partial charge in [0.2, 0.25) is 11.9 Å². The van der Waals surface area contributed by atoms with E-state index in [4.69, 9.17) is 5.73 Å². The highest BCUT2D eigenvalue weighted by Gasteiger charge is 2.17. The molecule has 1 aromatic carbocycles. The number of amides is 1. The van der Waals surface area contributed by atoms with Crippen molar-refractivity contribution in [2.24, 2.45) is 0 Å². The minimum Gasteiger partial charge on any atom is -0.367 e. The van der Waals surface area contributed by atoms with Gasteiger partial charge in [-0.15, -0.1) is 5.10 Å². The fourth-order valence-electron chi connectivity index (χ4n) is 1.76. The molecule has 19 heavy (non-hydrogen) atoms. The van der Waals surface area contributed by atoms with E-state index in [0.29, 0.717) is 6.54 Å². The molecule has 1 heterocycles. The lowest BCUT2D eigenvalue weighted by molar-refractivity contribution is -0.119. The zero-order valence-electron chi connectivity index (χ0n) is 10.5. The van der Waals surface area contributed by atoms with Crippen LogP contribution in [0.25, 0.3) is 0 Å². The van der Waals surface area contributed by atoms with E-state index < -0.39 is 5.82 Å². The highest BCUT2D eigenvalue weighted by atomic mass is 19.1. The van der Waals surface area contributed by atoms with E-state index in [1.807, 2.05) is 0 Å². The molecule has 0 saturated carbocycles. The molecule has 0 radical (unpaired) electrons. The highest BCUT2D eigenvalue weighted by Crippen LogP contribution is 2.18. The number of nitrogens with zero attached hydrogens (tertiary/aromatic N) is 4. The summed E-state index contributed by atoms with van der Waals surface area (Å²) in [5, 5.41) is 3.83. The summed E-state index contributed by atoms with van der Waals surface area (Å²) in [6, 6.07) is 6.14. The molecule has 0 unspecified atom stereocenters. The lowest BCUT2D eigenvalue weighted by Gasteiger charge is -2.21. The second-order valence-electron chi connectivity index (χ2n) is 3.89. The summed E-state index contributed by atoms with van der Waals surface area (Å²) in [5.74, 6) is -0.616. The van der Waals surface area contributed by atoms with Crippen LogP contribution in [-0.2, 0) is 11.3 Å². The third-order valence-corrected chi connectivity index (χ3v) is 2.61. The fourth-order valence-corrected chi connectivity index (χ4v) is 1.76. The Morgan fingerprint density at radius 2 is 2.21 bits per heavy atom. The second kappa shape index (κ2) is 5.47. The number of aromatic nitrogens is 3. The van der Waals surface area contributed by atoms with Crippen molar-refractivity contribution in [2.45, 2.75) is 13.5 Å². The smallest absolute Gasteiger partial charge is 0.248 e. The predicted molar refractivity (Wildman–Crippen MR) is 68.9 cm³/mol. The van der Waals surface area contributed by atoms with Crippen LogP contribution in [0, 0.1) is 5.82 Å². The summed E-state index contributed by atoms with van der Waals surface area (Å²) in [7, 11) is 0. The van der Waals surface area contributed by atoms with Gasteiger partial charge >= 0.3 is 0 Å². The largest absolute Gasteiger partial charge is 0.367 e. The van der Waals surface area contributed by atoms with E-state index >= 15 is 0 Å². The summed E-state index contributed by atoms with van der Waals surface area (Å²) in [5.41, 5.74) is 5.62. The van der Waals surface area contributed by atoms with E-state index in [-0.39, 0.29) is 24.1 Å². The average molecular weight is 263 g/mol. The van der Waals surface area contributed by atoms with E-state index in [2.05, 4.69) is 10.1 Å². The molecule has 7 heteroatoms. The third-order valence-electron chi connectivity index (χ3n) is 2.61. The summed E-state index contributed by atoms with van der Waals surface area (Å²) in [6.07, 6.45) is 1.36. The number of nitrogen functional groups attached to an aromatic ring is 1. The maximum absolute atomic E-state index is 13.7. The first kappa shape index (κ1) is 13.0. The van der Waals surface area contributed by atoms with Crippen molar-refractivity contribution in [1.82, 2.24) is 14.8 Å². The number of rotatable bonds is 4. The number of likely N-dealkylation sites (N-methyl/N-ethyl adjacent to an activating group) is 1. The number of benzene rings is 1. The topological polar surface area (TPSA) is 77.0 Å². The molecule has 0 fully saturated rings. The van der Waals surface area contributed by atoms with Crippen molar-refractivity contribution < 1.29 is 9.18 Å². The average Bonchev–Trinajstić information content (AvgIpc) is 2.78. The maximum Gasteiger partial charge on any atom is 0.248 e. The zero-order chi connectivity index (χ0) is 13.8. The first-order valence-electron chi connectivity index (χ1n) is 5.81. The van der Waals surface area contributed by atoms with Gasteiger partial charge in [0.15, 0.2) is 0 Å². The van der Waals surface area contributed by atoms with Gasteiger partial charge in [0.1, 0.15) is 18.7 Å². The molecule has 0 saturated heterocycles. The number of para-hydroxylation sites is 1. The molecule has 0 aliphatic rings. The summed E-state index contributed by atoms with van der Waals surface area (Å²) in [6.45, 7) is 2.11. The van der Waals surface area contributed by atoms with Gasteiger partial charge in [-0.25, -0.2) is 14.1 Å². The number of carbonyl (C=O) groups excluding carboxylic acids is 1. The Labute approximate surface area is 109 Å². The first-order chi connectivity index (χ1) is 9.11. The molecule has 1 amide bonds. The maximum atomic E-state index is 13.7. The molecule has 0 spiro atoms. The Bertz CT molecular complexity index is 583. The molecular weight excluding hydrogens is 249 g/mol. The molecular formula is C12H14FN5O. The van der Waals surface area contributed by atoms with E-state index in [0.717, 1.165) is 0 Å². The van der Waals surface area contributed by atoms with Gasteiger partial charge < -0.3 is 10.6 Å². The zero-order valence-corrected chi connectivity index (χ0v) is 10.5. The van der Waals surface area contributed by atoms with Gasteiger partial charge in [0, 0.05) is 6.54 Å². The quantitative estimate of drug-likeness (QED) is 0.894. The number of carbonyl (C=O) groups is 1. The summed E-state index contributed by atoms with van der Waals surface area (Å²) < 4.78 is 15.0. The first-order valence-corrected chi connectivity index (χ1v) is 5.81. The Kier molecular flexibility index (Phi) is 3.74. The third kappa shape index (κ3) is 2.87. The lowest BCUT2D eigenvalue weighted by atomic mass is 10.2. The van der Waals surface area contributed by atoms with Crippen LogP contribution in [0.4, 0.5) is 16.0 Å².